The quantitative estimate of drug-likeness (QED) is 0.0734. The van der Waals surface area contributed by atoms with Crippen LogP contribution in [0, 0.1) is 0 Å². The van der Waals surface area contributed by atoms with E-state index in [0.29, 0.717) is 0 Å². The van der Waals surface area contributed by atoms with E-state index in [-0.39, 0.29) is 0 Å². The van der Waals surface area contributed by atoms with E-state index in [1.807, 2.05) is 0 Å². The summed E-state index contributed by atoms with van der Waals surface area (Å²) in [5.41, 5.74) is 1.31. The average Bonchev–Trinajstić information content (AvgIpc) is 3.39. The van der Waals surface area contributed by atoms with Crippen LogP contribution in [0.4, 0.5) is 0 Å². The Morgan fingerprint density at radius 2 is 0.875 bits per heavy atom. The summed E-state index contributed by atoms with van der Waals surface area (Å²) in [6.07, 6.45) is 41.3. The van der Waals surface area contributed by atoms with Gasteiger partial charge in [-0.3, -0.25) is 0 Å². The van der Waals surface area contributed by atoms with Crippen LogP contribution in [0.15, 0.2) is 42.7 Å². The Balaban J connectivity index is 1.61. The minimum atomic E-state index is 1.17. The molecule has 0 saturated heterocycles. The Morgan fingerprint density at radius 1 is 0.475 bits per heavy atom. The van der Waals surface area contributed by atoms with Crippen molar-refractivity contribution in [1.82, 2.24) is 4.57 Å². The van der Waals surface area contributed by atoms with Crippen molar-refractivity contribution in [3.8, 4) is 5.69 Å². The average molecular weight is 552 g/mol. The molecule has 0 unspecified atom stereocenters. The van der Waals surface area contributed by atoms with E-state index in [1.165, 1.54) is 185 Å². The molecule has 0 saturated carbocycles. The smallest absolute Gasteiger partial charge is 0.234 e. The molecular weight excluding hydrogens is 484 g/mol. The number of aryl methyl sites for hydroxylation is 1. The van der Waals surface area contributed by atoms with Gasteiger partial charge in [-0.15, -0.1) is 0 Å². The number of hydrogen-bond acceptors (Lipinski definition) is 0. The molecule has 0 spiro atoms. The van der Waals surface area contributed by atoms with Gasteiger partial charge >= 0.3 is 0 Å². The maximum atomic E-state index is 2.56. The fraction of sp³-hybridized carbons (Fsp3) is 0.763. The molecule has 0 N–H and O–H groups in total. The Bertz CT molecular complexity index is 793. The number of unbranched alkanes of at least 4 members (excludes halogenated alkanes) is 23. The van der Waals surface area contributed by atoms with Crippen molar-refractivity contribution >= 4 is 0 Å². The summed E-state index contributed by atoms with van der Waals surface area (Å²) in [5.74, 6) is 1.50. The Kier molecular flexibility index (Phi) is 21.8. The predicted molar refractivity (Wildman–Crippen MR) is 176 cm³/mol. The third-order valence-corrected chi connectivity index (χ3v) is 8.80. The first-order valence-corrected chi connectivity index (χ1v) is 18.0. The molecule has 228 valence electrons. The molecule has 2 nitrogen and oxygen atoms in total. The molecule has 0 bridgehead atoms. The van der Waals surface area contributed by atoms with Gasteiger partial charge in [0.05, 0.1) is 6.54 Å². The Morgan fingerprint density at radius 3 is 1.32 bits per heavy atom. The number of hydrogen-bond donors (Lipinski definition) is 0. The van der Waals surface area contributed by atoms with E-state index in [9.17, 15) is 0 Å². The van der Waals surface area contributed by atoms with Gasteiger partial charge in [0, 0.05) is 6.42 Å². The molecule has 0 aliphatic carbocycles. The number of aromatic nitrogens is 2. The number of benzene rings is 1. The zero-order valence-corrected chi connectivity index (χ0v) is 27.0. The van der Waals surface area contributed by atoms with Gasteiger partial charge in [0.1, 0.15) is 18.1 Å². The predicted octanol–water partition coefficient (Wildman–Crippen LogP) is 12.1. The highest BCUT2D eigenvalue weighted by Gasteiger charge is 2.18. The van der Waals surface area contributed by atoms with E-state index in [4.69, 9.17) is 0 Å². The standard InChI is InChI=1S/C38H67N2/c1-3-5-7-9-11-13-15-17-19-21-23-25-30-34-39-35-36-40(37-31-27-26-28-32-37)38(39)33-29-24-22-20-18-16-14-12-10-8-6-4-2/h26-28,31-32,35-36H,3-25,29-30,33-34H2,1-2H3/q+1. The molecule has 2 aromatic rings. The molecule has 0 aliphatic heterocycles. The first kappa shape index (κ1) is 34.6. The summed E-state index contributed by atoms with van der Waals surface area (Å²) in [6.45, 7) is 5.78. The maximum absolute atomic E-state index is 2.56. The van der Waals surface area contributed by atoms with Crippen molar-refractivity contribution in [2.75, 3.05) is 0 Å². The summed E-state index contributed by atoms with van der Waals surface area (Å²) < 4.78 is 5.00. The van der Waals surface area contributed by atoms with Crippen LogP contribution < -0.4 is 4.57 Å². The second-order valence-corrected chi connectivity index (χ2v) is 12.5. The van der Waals surface area contributed by atoms with Gasteiger partial charge in [-0.2, -0.15) is 4.57 Å². The largest absolute Gasteiger partial charge is 0.261 e. The van der Waals surface area contributed by atoms with E-state index < -0.39 is 0 Å². The van der Waals surface area contributed by atoms with Gasteiger partial charge in [0.25, 0.3) is 5.82 Å². The van der Waals surface area contributed by atoms with E-state index in [1.54, 1.807) is 0 Å². The van der Waals surface area contributed by atoms with Gasteiger partial charge in [0.2, 0.25) is 0 Å². The molecule has 1 heterocycles. The fourth-order valence-electron chi connectivity index (χ4n) is 6.17. The molecule has 0 aliphatic rings. The first-order chi connectivity index (χ1) is 19.9. The van der Waals surface area contributed by atoms with Crippen LogP contribution in [0.5, 0.6) is 0 Å². The molecule has 1 aromatic carbocycles. The number of para-hydroxylation sites is 1. The summed E-state index contributed by atoms with van der Waals surface area (Å²) >= 11 is 0. The highest BCUT2D eigenvalue weighted by molar-refractivity contribution is 5.31. The lowest BCUT2D eigenvalue weighted by molar-refractivity contribution is -0.704. The van der Waals surface area contributed by atoms with Crippen molar-refractivity contribution in [2.45, 2.75) is 187 Å². The highest BCUT2D eigenvalue weighted by Crippen LogP contribution is 2.16. The Labute approximate surface area is 250 Å². The van der Waals surface area contributed by atoms with Crippen molar-refractivity contribution in [3.63, 3.8) is 0 Å². The third kappa shape index (κ3) is 16.6. The van der Waals surface area contributed by atoms with Gasteiger partial charge in [-0.05, 0) is 31.4 Å². The molecule has 40 heavy (non-hydrogen) atoms. The number of imidazole rings is 1. The zero-order chi connectivity index (χ0) is 28.4. The molecule has 2 rings (SSSR count). The van der Waals surface area contributed by atoms with Crippen LogP contribution in [0.25, 0.3) is 5.69 Å². The van der Waals surface area contributed by atoms with Gasteiger partial charge in [-0.1, -0.05) is 173 Å². The van der Waals surface area contributed by atoms with E-state index >= 15 is 0 Å². The lowest BCUT2D eigenvalue weighted by Crippen LogP contribution is -2.37. The van der Waals surface area contributed by atoms with Crippen LogP contribution in [-0.2, 0) is 13.0 Å². The molecular formula is C38H67N2+. The summed E-state index contributed by atoms with van der Waals surface area (Å²) in [5, 5.41) is 0. The van der Waals surface area contributed by atoms with Gasteiger partial charge in [-0.25, -0.2) is 4.57 Å². The number of rotatable bonds is 28. The topological polar surface area (TPSA) is 8.81 Å². The zero-order valence-electron chi connectivity index (χ0n) is 27.0. The minimum absolute atomic E-state index is 1.17. The summed E-state index contributed by atoms with van der Waals surface area (Å²) in [7, 11) is 0. The molecule has 0 radical (unpaired) electrons. The van der Waals surface area contributed by atoms with Crippen LogP contribution in [0.2, 0.25) is 0 Å². The summed E-state index contributed by atoms with van der Waals surface area (Å²) in [6, 6.07) is 11.0. The number of nitrogens with zero attached hydrogens (tertiary/aromatic N) is 2. The van der Waals surface area contributed by atoms with Crippen molar-refractivity contribution in [1.29, 1.82) is 0 Å². The molecule has 0 atom stereocenters. The first-order valence-electron chi connectivity index (χ1n) is 18.0. The van der Waals surface area contributed by atoms with Crippen LogP contribution in [-0.4, -0.2) is 4.57 Å². The maximum Gasteiger partial charge on any atom is 0.261 e. The fourth-order valence-corrected chi connectivity index (χ4v) is 6.17. The van der Waals surface area contributed by atoms with Crippen molar-refractivity contribution in [2.24, 2.45) is 0 Å². The van der Waals surface area contributed by atoms with Crippen molar-refractivity contribution < 1.29 is 4.57 Å². The lowest BCUT2D eigenvalue weighted by Gasteiger charge is -2.07. The SMILES string of the molecule is CCCCCCCCCCCCCCC[n+]1ccn(-c2ccccc2)c1CCCCCCCCCCCCCC. The monoisotopic (exact) mass is 552 g/mol. The molecule has 1 aromatic heterocycles. The van der Waals surface area contributed by atoms with Gasteiger partial charge in [0.15, 0.2) is 0 Å². The second-order valence-electron chi connectivity index (χ2n) is 12.5. The molecule has 2 heteroatoms. The minimum Gasteiger partial charge on any atom is -0.234 e. The van der Waals surface area contributed by atoms with Gasteiger partial charge < -0.3 is 0 Å². The summed E-state index contributed by atoms with van der Waals surface area (Å²) in [4.78, 5) is 0. The molecule has 0 amide bonds. The van der Waals surface area contributed by atoms with E-state index in [0.717, 1.165) is 0 Å². The van der Waals surface area contributed by atoms with Crippen LogP contribution >= 0.6 is 0 Å². The normalized spacial score (nSPS) is 11.4. The van der Waals surface area contributed by atoms with Crippen molar-refractivity contribution in [3.05, 3.63) is 48.5 Å². The second kappa shape index (κ2) is 25.2. The molecule has 0 fully saturated rings. The lowest BCUT2D eigenvalue weighted by atomic mass is 10.0. The van der Waals surface area contributed by atoms with Crippen LogP contribution in [0.3, 0.4) is 0 Å². The highest BCUT2D eigenvalue weighted by atomic mass is 15.1. The van der Waals surface area contributed by atoms with Crippen LogP contribution in [0.1, 0.15) is 180 Å². The Hall–Kier alpha value is -1.57. The third-order valence-electron chi connectivity index (χ3n) is 8.80. The van der Waals surface area contributed by atoms with E-state index in [2.05, 4.69) is 65.7 Å².